The Bertz CT molecular complexity index is 375. The second-order valence-corrected chi connectivity index (χ2v) is 2.57. The number of hydrogen-bond donors (Lipinski definition) is 2. The van der Waals surface area contributed by atoms with Gasteiger partial charge in [-0.3, -0.25) is 4.79 Å². The molecule has 0 saturated carbocycles. The first-order chi connectivity index (χ1) is 6.54. The van der Waals surface area contributed by atoms with Crippen LogP contribution < -0.4 is 0 Å². The summed E-state index contributed by atoms with van der Waals surface area (Å²) in [6, 6.07) is 3.22. The molecule has 1 aromatic rings. The van der Waals surface area contributed by atoms with Gasteiger partial charge in [-0.15, -0.1) is 0 Å². The summed E-state index contributed by atoms with van der Waals surface area (Å²) < 4.78 is 0. The summed E-state index contributed by atoms with van der Waals surface area (Å²) in [7, 11) is 0. The van der Waals surface area contributed by atoms with Crippen molar-refractivity contribution in [2.75, 3.05) is 0 Å². The van der Waals surface area contributed by atoms with Gasteiger partial charge in [0.1, 0.15) is 6.29 Å². The maximum absolute atomic E-state index is 10.5. The number of carboxylic acid groups (broad SMARTS) is 2. The van der Waals surface area contributed by atoms with Crippen molar-refractivity contribution in [3.63, 3.8) is 0 Å². The standard InChI is InChI=1S/C9H6O5/c10-4-5-1-6(8(11)12)3-7(2-5)9(13)14/h1-4H,(H,11,12)(H,13,14). The largest absolute Gasteiger partial charge is 0.478 e. The van der Waals surface area contributed by atoms with E-state index >= 15 is 0 Å². The van der Waals surface area contributed by atoms with Crippen LogP contribution in [0.2, 0.25) is 0 Å². The van der Waals surface area contributed by atoms with Gasteiger partial charge in [-0.25, -0.2) is 9.59 Å². The molecule has 0 amide bonds. The highest BCUT2D eigenvalue weighted by molar-refractivity contribution is 5.96. The van der Waals surface area contributed by atoms with Gasteiger partial charge in [0.15, 0.2) is 0 Å². The van der Waals surface area contributed by atoms with Crippen LogP contribution in [0, 0.1) is 0 Å². The maximum atomic E-state index is 10.5. The Morgan fingerprint density at radius 2 is 1.43 bits per heavy atom. The molecule has 0 bridgehead atoms. The van der Waals surface area contributed by atoms with E-state index in [-0.39, 0.29) is 16.7 Å². The lowest BCUT2D eigenvalue weighted by molar-refractivity contribution is 0.0696. The third-order valence-corrected chi connectivity index (χ3v) is 1.59. The third-order valence-electron chi connectivity index (χ3n) is 1.59. The predicted octanol–water partition coefficient (Wildman–Crippen LogP) is 0.895. The Morgan fingerprint density at radius 1 is 1.00 bits per heavy atom. The van der Waals surface area contributed by atoms with E-state index in [1.807, 2.05) is 0 Å². The number of hydrogen-bond acceptors (Lipinski definition) is 3. The summed E-state index contributed by atoms with van der Waals surface area (Å²) in [5, 5.41) is 17.2. The van der Waals surface area contributed by atoms with Crippen molar-refractivity contribution >= 4 is 18.2 Å². The van der Waals surface area contributed by atoms with Gasteiger partial charge in [0.05, 0.1) is 11.1 Å². The van der Waals surface area contributed by atoms with Crippen LogP contribution in [0.15, 0.2) is 18.2 Å². The van der Waals surface area contributed by atoms with Crippen molar-refractivity contribution in [1.82, 2.24) is 0 Å². The van der Waals surface area contributed by atoms with E-state index in [1.54, 1.807) is 0 Å². The fraction of sp³-hybridized carbons (Fsp3) is 0. The molecule has 0 aliphatic carbocycles. The van der Waals surface area contributed by atoms with Crippen molar-refractivity contribution < 1.29 is 24.6 Å². The average molecular weight is 194 g/mol. The molecule has 5 heteroatoms. The van der Waals surface area contributed by atoms with E-state index in [9.17, 15) is 14.4 Å². The molecular formula is C9H6O5. The maximum Gasteiger partial charge on any atom is 0.335 e. The van der Waals surface area contributed by atoms with Gasteiger partial charge in [-0.1, -0.05) is 0 Å². The molecular weight excluding hydrogens is 188 g/mol. The quantitative estimate of drug-likeness (QED) is 0.697. The first-order valence-corrected chi connectivity index (χ1v) is 3.61. The Morgan fingerprint density at radius 3 is 1.71 bits per heavy atom. The van der Waals surface area contributed by atoms with Crippen LogP contribution in [0.25, 0.3) is 0 Å². The fourth-order valence-corrected chi connectivity index (χ4v) is 0.967. The van der Waals surface area contributed by atoms with Crippen LogP contribution in [0.4, 0.5) is 0 Å². The van der Waals surface area contributed by atoms with Gasteiger partial charge in [-0.2, -0.15) is 0 Å². The summed E-state index contributed by atoms with van der Waals surface area (Å²) in [6.07, 6.45) is 0.402. The molecule has 0 heterocycles. The van der Waals surface area contributed by atoms with Crippen molar-refractivity contribution in [3.8, 4) is 0 Å². The van der Waals surface area contributed by atoms with Crippen molar-refractivity contribution in [1.29, 1.82) is 0 Å². The van der Waals surface area contributed by atoms with Crippen LogP contribution in [0.5, 0.6) is 0 Å². The molecule has 5 nitrogen and oxygen atoms in total. The Hall–Kier alpha value is -2.17. The van der Waals surface area contributed by atoms with Gasteiger partial charge in [0.25, 0.3) is 0 Å². The van der Waals surface area contributed by atoms with Gasteiger partial charge in [0.2, 0.25) is 0 Å². The van der Waals surface area contributed by atoms with Crippen molar-refractivity contribution in [2.24, 2.45) is 0 Å². The molecule has 1 rings (SSSR count). The molecule has 1 aromatic carbocycles. The molecule has 0 aliphatic heterocycles. The summed E-state index contributed by atoms with van der Waals surface area (Å²) in [5.41, 5.74) is -0.402. The molecule has 0 atom stereocenters. The molecule has 0 radical (unpaired) electrons. The van der Waals surface area contributed by atoms with E-state index in [2.05, 4.69) is 0 Å². The molecule has 0 aliphatic rings. The number of carboxylic acids is 2. The SMILES string of the molecule is O=Cc1cc(C(=O)O)cc(C(=O)O)c1. The van der Waals surface area contributed by atoms with Gasteiger partial charge < -0.3 is 10.2 Å². The minimum absolute atomic E-state index is 0.0299. The zero-order valence-electron chi connectivity index (χ0n) is 6.93. The minimum atomic E-state index is -1.27. The Labute approximate surface area is 78.6 Å². The van der Waals surface area contributed by atoms with E-state index in [0.29, 0.717) is 6.29 Å². The van der Waals surface area contributed by atoms with Crippen LogP contribution in [0.1, 0.15) is 31.1 Å². The van der Waals surface area contributed by atoms with Crippen LogP contribution in [-0.4, -0.2) is 28.4 Å². The van der Waals surface area contributed by atoms with Crippen molar-refractivity contribution in [2.45, 2.75) is 0 Å². The summed E-state index contributed by atoms with van der Waals surface area (Å²) in [6.45, 7) is 0. The number of aromatic carboxylic acids is 2. The Kier molecular flexibility index (Phi) is 2.62. The van der Waals surface area contributed by atoms with Crippen LogP contribution in [0.3, 0.4) is 0 Å². The van der Waals surface area contributed by atoms with E-state index in [1.165, 1.54) is 0 Å². The van der Waals surface area contributed by atoms with E-state index in [0.717, 1.165) is 18.2 Å². The number of carbonyl (C=O) groups excluding carboxylic acids is 1. The summed E-state index contributed by atoms with van der Waals surface area (Å²) >= 11 is 0. The highest BCUT2D eigenvalue weighted by Crippen LogP contribution is 2.09. The zero-order valence-corrected chi connectivity index (χ0v) is 6.93. The average Bonchev–Trinajstić information content (AvgIpc) is 2.16. The topological polar surface area (TPSA) is 91.7 Å². The molecule has 0 fully saturated rings. The molecule has 0 unspecified atom stereocenters. The molecule has 0 saturated heterocycles. The smallest absolute Gasteiger partial charge is 0.335 e. The molecule has 0 aromatic heterocycles. The first-order valence-electron chi connectivity index (χ1n) is 3.61. The number of rotatable bonds is 3. The van der Waals surface area contributed by atoms with Gasteiger partial charge in [-0.05, 0) is 18.2 Å². The van der Waals surface area contributed by atoms with Crippen LogP contribution >= 0.6 is 0 Å². The van der Waals surface area contributed by atoms with E-state index < -0.39 is 11.9 Å². The normalized spacial score (nSPS) is 9.43. The Balaban J connectivity index is 3.34. The molecule has 72 valence electrons. The minimum Gasteiger partial charge on any atom is -0.478 e. The predicted molar refractivity (Wildman–Crippen MR) is 45.7 cm³/mol. The number of carbonyl (C=O) groups is 3. The third kappa shape index (κ3) is 1.95. The van der Waals surface area contributed by atoms with E-state index in [4.69, 9.17) is 10.2 Å². The van der Waals surface area contributed by atoms with Crippen LogP contribution in [-0.2, 0) is 0 Å². The van der Waals surface area contributed by atoms with Gasteiger partial charge in [0, 0.05) is 5.56 Å². The second kappa shape index (κ2) is 3.69. The summed E-state index contributed by atoms with van der Waals surface area (Å²) in [5.74, 6) is -2.53. The second-order valence-electron chi connectivity index (χ2n) is 2.57. The molecule has 2 N–H and O–H groups in total. The number of aldehydes is 1. The first kappa shape index (κ1) is 9.91. The summed E-state index contributed by atoms with van der Waals surface area (Å²) in [4.78, 5) is 31.4. The monoisotopic (exact) mass is 194 g/mol. The fourth-order valence-electron chi connectivity index (χ4n) is 0.967. The number of benzene rings is 1. The zero-order chi connectivity index (χ0) is 10.7. The lowest BCUT2D eigenvalue weighted by atomic mass is 10.1. The van der Waals surface area contributed by atoms with Gasteiger partial charge >= 0.3 is 11.9 Å². The van der Waals surface area contributed by atoms with Crippen molar-refractivity contribution in [3.05, 3.63) is 34.9 Å². The highest BCUT2D eigenvalue weighted by atomic mass is 16.4. The highest BCUT2D eigenvalue weighted by Gasteiger charge is 2.10. The lowest BCUT2D eigenvalue weighted by Gasteiger charge is -1.99. The lowest BCUT2D eigenvalue weighted by Crippen LogP contribution is -2.03. The molecule has 0 spiro atoms. The molecule has 14 heavy (non-hydrogen) atoms.